The van der Waals surface area contributed by atoms with Crippen molar-refractivity contribution in [3.8, 4) is 11.8 Å². The molecule has 0 fully saturated rings. The minimum atomic E-state index is -3.15. The van der Waals surface area contributed by atoms with Gasteiger partial charge < -0.3 is 0 Å². The number of rotatable bonds is 5. The van der Waals surface area contributed by atoms with Crippen LogP contribution in [0.5, 0.6) is 0 Å². The first-order valence-electron chi connectivity index (χ1n) is 3.55. The van der Waals surface area contributed by atoms with E-state index in [1.807, 2.05) is 0 Å². The summed E-state index contributed by atoms with van der Waals surface area (Å²) in [4.78, 5) is 0. The van der Waals surface area contributed by atoms with Crippen LogP contribution in [0.2, 0.25) is 0 Å². The Bertz CT molecular complexity index is 263. The van der Waals surface area contributed by atoms with Gasteiger partial charge in [0.25, 0.3) is 0 Å². The van der Waals surface area contributed by atoms with Gasteiger partial charge in [0, 0.05) is 5.88 Å². The average molecular weight is 210 g/mol. The molecule has 0 aliphatic rings. The smallest absolute Gasteiger partial charge is 0.212 e. The quantitative estimate of drug-likeness (QED) is 0.531. The zero-order chi connectivity index (χ0) is 9.45. The number of hydrogen-bond donors (Lipinski definition) is 1. The molecule has 0 rings (SSSR count). The van der Waals surface area contributed by atoms with E-state index in [1.54, 1.807) is 6.92 Å². The average Bonchev–Trinajstić information content (AvgIpc) is 2.01. The van der Waals surface area contributed by atoms with E-state index >= 15 is 0 Å². The Morgan fingerprint density at radius 2 is 2.17 bits per heavy atom. The minimum absolute atomic E-state index is 0.0713. The van der Waals surface area contributed by atoms with Crippen molar-refractivity contribution < 1.29 is 8.42 Å². The predicted octanol–water partition coefficient (Wildman–Crippen LogP) is 0.558. The molecule has 0 aliphatic carbocycles. The van der Waals surface area contributed by atoms with E-state index in [9.17, 15) is 8.42 Å². The van der Waals surface area contributed by atoms with E-state index in [4.69, 9.17) is 11.6 Å². The molecule has 0 unspecified atom stereocenters. The molecule has 0 aromatic rings. The Morgan fingerprint density at radius 1 is 1.50 bits per heavy atom. The van der Waals surface area contributed by atoms with Gasteiger partial charge in [-0.3, -0.25) is 0 Å². The van der Waals surface area contributed by atoms with Crippen LogP contribution < -0.4 is 4.72 Å². The van der Waals surface area contributed by atoms with Crippen LogP contribution in [-0.4, -0.2) is 26.6 Å². The van der Waals surface area contributed by atoms with Crippen LogP contribution in [0.1, 0.15) is 13.3 Å². The molecule has 0 heterocycles. The third kappa shape index (κ3) is 6.47. The molecule has 0 saturated carbocycles. The second-order valence-corrected chi connectivity index (χ2v) is 4.41. The highest BCUT2D eigenvalue weighted by Crippen LogP contribution is 1.90. The van der Waals surface area contributed by atoms with Crippen LogP contribution in [0.4, 0.5) is 0 Å². The van der Waals surface area contributed by atoms with Gasteiger partial charge in [-0.25, -0.2) is 13.1 Å². The lowest BCUT2D eigenvalue weighted by Gasteiger charge is -2.00. The molecule has 5 heteroatoms. The first-order valence-corrected chi connectivity index (χ1v) is 5.74. The third-order valence-corrected chi connectivity index (χ3v) is 2.78. The first kappa shape index (κ1) is 11.8. The molecule has 0 aliphatic heterocycles. The van der Waals surface area contributed by atoms with Crippen molar-refractivity contribution in [3.63, 3.8) is 0 Å². The number of halogens is 1. The molecule has 0 radical (unpaired) electrons. The molecule has 0 aromatic carbocycles. The van der Waals surface area contributed by atoms with E-state index in [0.717, 1.165) is 0 Å². The zero-order valence-electron chi connectivity index (χ0n) is 6.93. The summed E-state index contributed by atoms with van der Waals surface area (Å²) in [6.45, 7) is 1.84. The van der Waals surface area contributed by atoms with Crippen LogP contribution >= 0.6 is 11.6 Å². The van der Waals surface area contributed by atoms with Crippen molar-refractivity contribution in [1.29, 1.82) is 0 Å². The van der Waals surface area contributed by atoms with Crippen LogP contribution in [0.3, 0.4) is 0 Å². The van der Waals surface area contributed by atoms with E-state index in [-0.39, 0.29) is 12.3 Å². The van der Waals surface area contributed by atoms with E-state index in [0.29, 0.717) is 12.3 Å². The summed E-state index contributed by atoms with van der Waals surface area (Å²) in [5.74, 6) is 5.63. The van der Waals surface area contributed by atoms with E-state index in [1.165, 1.54) is 0 Å². The molecule has 0 aromatic heterocycles. The lowest BCUT2D eigenvalue weighted by Crippen LogP contribution is -2.26. The van der Waals surface area contributed by atoms with Gasteiger partial charge in [0.15, 0.2) is 0 Å². The Labute approximate surface area is 78.5 Å². The molecule has 0 bridgehead atoms. The molecular weight excluding hydrogens is 198 g/mol. The predicted molar refractivity (Wildman–Crippen MR) is 50.6 cm³/mol. The highest BCUT2D eigenvalue weighted by molar-refractivity contribution is 7.89. The van der Waals surface area contributed by atoms with Gasteiger partial charge in [-0.1, -0.05) is 5.92 Å². The van der Waals surface area contributed by atoms with Crippen LogP contribution in [0, 0.1) is 11.8 Å². The summed E-state index contributed by atoms with van der Waals surface area (Å²) in [5, 5.41) is 0. The third-order valence-electron chi connectivity index (χ3n) is 1.10. The van der Waals surface area contributed by atoms with Gasteiger partial charge in [-0.2, -0.15) is 0 Å². The van der Waals surface area contributed by atoms with Crippen LogP contribution in [-0.2, 0) is 10.0 Å². The summed E-state index contributed by atoms with van der Waals surface area (Å²) in [6.07, 6.45) is 0.469. The standard InChI is InChI=1S/C7H12ClNO2S/c1-2-3-6-9-12(10,11)7-4-5-8/h9H,4-7H2,1H3. The summed E-state index contributed by atoms with van der Waals surface area (Å²) in [7, 11) is -3.15. The lowest BCUT2D eigenvalue weighted by atomic mass is 10.6. The second kappa shape index (κ2) is 6.30. The van der Waals surface area contributed by atoms with Crippen molar-refractivity contribution in [3.05, 3.63) is 0 Å². The summed E-state index contributed by atoms with van der Waals surface area (Å²) in [5.41, 5.74) is 0. The molecule has 70 valence electrons. The fraction of sp³-hybridized carbons (Fsp3) is 0.714. The van der Waals surface area contributed by atoms with Gasteiger partial charge in [0.05, 0.1) is 12.3 Å². The van der Waals surface area contributed by atoms with Gasteiger partial charge in [0.1, 0.15) is 0 Å². The van der Waals surface area contributed by atoms with Gasteiger partial charge in [0.2, 0.25) is 10.0 Å². The van der Waals surface area contributed by atoms with E-state index in [2.05, 4.69) is 16.6 Å². The Morgan fingerprint density at radius 3 is 2.67 bits per heavy atom. The zero-order valence-corrected chi connectivity index (χ0v) is 8.50. The first-order chi connectivity index (χ1) is 5.62. The van der Waals surface area contributed by atoms with E-state index < -0.39 is 10.0 Å². The second-order valence-electron chi connectivity index (χ2n) is 2.11. The number of hydrogen-bond acceptors (Lipinski definition) is 2. The van der Waals surface area contributed by atoms with Crippen molar-refractivity contribution in [2.45, 2.75) is 13.3 Å². The fourth-order valence-electron chi connectivity index (χ4n) is 0.551. The SMILES string of the molecule is CC#CCNS(=O)(=O)CCCCl. The Balaban J connectivity index is 3.77. The number of alkyl halides is 1. The lowest BCUT2D eigenvalue weighted by molar-refractivity contribution is 0.585. The van der Waals surface area contributed by atoms with Crippen LogP contribution in [0.25, 0.3) is 0 Å². The maximum atomic E-state index is 11.0. The van der Waals surface area contributed by atoms with Crippen molar-refractivity contribution in [2.75, 3.05) is 18.2 Å². The molecule has 1 N–H and O–H groups in total. The summed E-state index contributed by atoms with van der Waals surface area (Å²) >= 11 is 5.35. The fourth-order valence-corrected chi connectivity index (χ4v) is 1.80. The largest absolute Gasteiger partial charge is 0.212 e. The highest BCUT2D eigenvalue weighted by Gasteiger charge is 2.06. The van der Waals surface area contributed by atoms with Crippen molar-refractivity contribution >= 4 is 21.6 Å². The minimum Gasteiger partial charge on any atom is -0.212 e. The normalized spacial score (nSPS) is 10.5. The summed E-state index contributed by atoms with van der Waals surface area (Å²) < 4.78 is 24.4. The molecule has 0 spiro atoms. The van der Waals surface area contributed by atoms with Gasteiger partial charge in [-0.05, 0) is 13.3 Å². The summed E-state index contributed by atoms with van der Waals surface area (Å²) in [6, 6.07) is 0. The van der Waals surface area contributed by atoms with Gasteiger partial charge in [-0.15, -0.1) is 17.5 Å². The number of nitrogens with one attached hydrogen (secondary N) is 1. The van der Waals surface area contributed by atoms with Crippen molar-refractivity contribution in [2.24, 2.45) is 0 Å². The maximum absolute atomic E-state index is 11.0. The Kier molecular flexibility index (Phi) is 6.17. The van der Waals surface area contributed by atoms with Gasteiger partial charge >= 0.3 is 0 Å². The monoisotopic (exact) mass is 209 g/mol. The topological polar surface area (TPSA) is 46.2 Å². The number of sulfonamides is 1. The molecule has 3 nitrogen and oxygen atoms in total. The molecular formula is C7H12ClNO2S. The molecule has 0 saturated heterocycles. The Hall–Kier alpha value is -0.240. The van der Waals surface area contributed by atoms with Crippen LogP contribution in [0.15, 0.2) is 0 Å². The van der Waals surface area contributed by atoms with Crippen molar-refractivity contribution in [1.82, 2.24) is 4.72 Å². The highest BCUT2D eigenvalue weighted by atomic mass is 35.5. The maximum Gasteiger partial charge on any atom is 0.212 e. The molecule has 12 heavy (non-hydrogen) atoms. The molecule has 0 atom stereocenters. The molecule has 0 amide bonds.